The monoisotopic (exact) mass is 464 g/mol. The summed E-state index contributed by atoms with van der Waals surface area (Å²) in [6.07, 6.45) is 1.66. The number of fused-ring (bicyclic) bond motifs is 1. The van der Waals surface area contributed by atoms with Gasteiger partial charge in [0.15, 0.2) is 0 Å². The first-order chi connectivity index (χ1) is 15.8. The molecule has 3 aromatic rings. The van der Waals surface area contributed by atoms with Crippen molar-refractivity contribution >= 4 is 13.4 Å². The van der Waals surface area contributed by atoms with Gasteiger partial charge in [0, 0.05) is 24.8 Å². The second-order valence-electron chi connectivity index (χ2n) is 9.24. The van der Waals surface area contributed by atoms with Gasteiger partial charge in [0.2, 0.25) is 0 Å². The number of anilines is 1. The van der Waals surface area contributed by atoms with Crippen LogP contribution >= 0.6 is 7.60 Å². The number of aromatic nitrogens is 1. The zero-order valence-corrected chi connectivity index (χ0v) is 20.7. The maximum atomic E-state index is 14.2. The summed E-state index contributed by atoms with van der Waals surface area (Å²) in [5, 5.41) is 0. The highest BCUT2D eigenvalue weighted by molar-refractivity contribution is 7.54. The molecule has 1 aliphatic heterocycles. The van der Waals surface area contributed by atoms with Gasteiger partial charge in [-0.15, -0.1) is 0 Å². The largest absolute Gasteiger partial charge is 0.351 e. The van der Waals surface area contributed by atoms with Gasteiger partial charge >= 0.3 is 7.60 Å². The Balaban J connectivity index is 1.83. The lowest BCUT2D eigenvalue weighted by atomic mass is 9.78. The molecule has 2 heterocycles. The normalized spacial score (nSPS) is 18.2. The first kappa shape index (κ1) is 23.7. The van der Waals surface area contributed by atoms with E-state index >= 15 is 0 Å². The smallest absolute Gasteiger partial charge is 0.332 e. The molecule has 0 aliphatic carbocycles. The number of benzene rings is 2. The summed E-state index contributed by atoms with van der Waals surface area (Å²) in [6.45, 7) is 8.97. The second-order valence-corrected chi connectivity index (χ2v) is 11.2. The van der Waals surface area contributed by atoms with E-state index in [2.05, 4.69) is 47.4 Å². The zero-order valence-electron chi connectivity index (χ0n) is 19.8. The molecule has 6 heteroatoms. The SMILES string of the molecule is CC(C)OP(=O)(CC1(c2ccccc2)CN(Cc2ccccc2)c2ncccc21)OC(C)C. The molecule has 0 saturated heterocycles. The number of hydrogen-bond donors (Lipinski definition) is 0. The summed E-state index contributed by atoms with van der Waals surface area (Å²) in [7, 11) is -3.43. The van der Waals surface area contributed by atoms with Gasteiger partial charge in [0.1, 0.15) is 5.82 Å². The van der Waals surface area contributed by atoms with Crippen molar-refractivity contribution in [2.45, 2.75) is 51.9 Å². The zero-order chi connectivity index (χ0) is 23.5. The van der Waals surface area contributed by atoms with Crippen molar-refractivity contribution in [2.75, 3.05) is 17.6 Å². The standard InChI is InChI=1S/C27H33N2O3P/c1-21(2)31-33(30,32-22(3)4)20-27(24-14-9-6-10-15-24)19-29(18-23-12-7-5-8-13-23)26-25(27)16-11-17-28-26/h5-17,21-22H,18-20H2,1-4H3. The summed E-state index contributed by atoms with van der Waals surface area (Å²) in [5.41, 5.74) is 2.79. The van der Waals surface area contributed by atoms with Crippen LogP contribution in [0.1, 0.15) is 44.4 Å². The maximum Gasteiger partial charge on any atom is 0.332 e. The summed E-state index contributed by atoms with van der Waals surface area (Å²) >= 11 is 0. The topological polar surface area (TPSA) is 51.7 Å². The molecular formula is C27H33N2O3P. The van der Waals surface area contributed by atoms with Gasteiger partial charge in [-0.2, -0.15) is 0 Å². The molecule has 0 N–H and O–H groups in total. The Morgan fingerprint density at radius 1 is 0.909 bits per heavy atom. The van der Waals surface area contributed by atoms with Crippen LogP contribution in [-0.4, -0.2) is 29.9 Å². The lowest BCUT2D eigenvalue weighted by molar-refractivity contribution is 0.140. The Labute approximate surface area is 197 Å². The number of hydrogen-bond acceptors (Lipinski definition) is 5. The molecule has 1 unspecified atom stereocenters. The van der Waals surface area contributed by atoms with Gasteiger partial charge in [0.25, 0.3) is 0 Å². The molecule has 0 radical (unpaired) electrons. The van der Waals surface area contributed by atoms with E-state index in [1.807, 2.05) is 64.2 Å². The van der Waals surface area contributed by atoms with Crippen LogP contribution in [0, 0.1) is 0 Å². The van der Waals surface area contributed by atoms with Crippen molar-refractivity contribution < 1.29 is 13.6 Å². The summed E-state index contributed by atoms with van der Waals surface area (Å²) in [6, 6.07) is 24.7. The minimum atomic E-state index is -3.43. The minimum Gasteiger partial charge on any atom is -0.351 e. The van der Waals surface area contributed by atoms with E-state index in [-0.39, 0.29) is 18.4 Å². The van der Waals surface area contributed by atoms with Gasteiger partial charge in [-0.1, -0.05) is 66.7 Å². The molecule has 0 saturated carbocycles. The van der Waals surface area contributed by atoms with Gasteiger partial charge < -0.3 is 13.9 Å². The van der Waals surface area contributed by atoms with Crippen LogP contribution in [0.25, 0.3) is 0 Å². The molecule has 1 aromatic heterocycles. The molecule has 1 aliphatic rings. The molecule has 5 nitrogen and oxygen atoms in total. The average Bonchev–Trinajstić information content (AvgIpc) is 3.08. The van der Waals surface area contributed by atoms with Crippen molar-refractivity contribution in [1.29, 1.82) is 0 Å². The Kier molecular flexibility index (Phi) is 7.04. The molecule has 2 aromatic carbocycles. The predicted molar refractivity (Wildman–Crippen MR) is 134 cm³/mol. The molecule has 33 heavy (non-hydrogen) atoms. The van der Waals surface area contributed by atoms with Crippen molar-refractivity contribution in [2.24, 2.45) is 0 Å². The Morgan fingerprint density at radius 2 is 1.52 bits per heavy atom. The molecule has 0 bridgehead atoms. The third kappa shape index (κ3) is 5.22. The second kappa shape index (κ2) is 9.80. The summed E-state index contributed by atoms with van der Waals surface area (Å²) < 4.78 is 26.2. The molecular weight excluding hydrogens is 431 g/mol. The average molecular weight is 465 g/mol. The Bertz CT molecular complexity index is 1090. The molecule has 0 amide bonds. The van der Waals surface area contributed by atoms with Crippen LogP contribution in [-0.2, 0) is 25.6 Å². The molecule has 0 fully saturated rings. The molecule has 174 valence electrons. The lowest BCUT2D eigenvalue weighted by Crippen LogP contribution is -2.38. The minimum absolute atomic E-state index is 0.211. The van der Waals surface area contributed by atoms with E-state index in [0.29, 0.717) is 6.54 Å². The van der Waals surface area contributed by atoms with E-state index < -0.39 is 13.0 Å². The van der Waals surface area contributed by atoms with Crippen LogP contribution < -0.4 is 4.90 Å². The number of nitrogens with zero attached hydrogens (tertiary/aromatic N) is 2. The molecule has 1 atom stereocenters. The van der Waals surface area contributed by atoms with Crippen molar-refractivity contribution in [3.63, 3.8) is 0 Å². The first-order valence-corrected chi connectivity index (χ1v) is 13.3. The third-order valence-corrected chi connectivity index (χ3v) is 8.22. The fourth-order valence-corrected chi connectivity index (χ4v) is 7.34. The lowest BCUT2D eigenvalue weighted by Gasteiger charge is -2.35. The fourth-order valence-electron chi connectivity index (χ4n) is 4.75. The molecule has 0 spiro atoms. The van der Waals surface area contributed by atoms with Gasteiger partial charge in [-0.3, -0.25) is 4.57 Å². The molecule has 4 rings (SSSR count). The van der Waals surface area contributed by atoms with E-state index in [1.54, 1.807) is 0 Å². The van der Waals surface area contributed by atoms with Crippen LogP contribution in [0.15, 0.2) is 79.0 Å². The Hall–Kier alpha value is -2.46. The van der Waals surface area contributed by atoms with Crippen molar-refractivity contribution in [3.05, 3.63) is 95.7 Å². The van der Waals surface area contributed by atoms with E-state index in [0.717, 1.165) is 23.5 Å². The number of rotatable bonds is 9. The van der Waals surface area contributed by atoms with Crippen LogP contribution in [0.4, 0.5) is 5.82 Å². The third-order valence-electron chi connectivity index (χ3n) is 5.81. The van der Waals surface area contributed by atoms with Gasteiger partial charge in [-0.25, -0.2) is 4.98 Å². The van der Waals surface area contributed by atoms with E-state index in [9.17, 15) is 4.57 Å². The predicted octanol–water partition coefficient (Wildman–Crippen LogP) is 6.43. The van der Waals surface area contributed by atoms with Gasteiger partial charge in [-0.05, 0) is 44.9 Å². The van der Waals surface area contributed by atoms with Crippen LogP contribution in [0.2, 0.25) is 0 Å². The Morgan fingerprint density at radius 3 is 2.12 bits per heavy atom. The first-order valence-electron chi connectivity index (χ1n) is 11.6. The number of pyridine rings is 1. The summed E-state index contributed by atoms with van der Waals surface area (Å²) in [5.74, 6) is 0.922. The highest BCUT2D eigenvalue weighted by Gasteiger charge is 2.50. The highest BCUT2D eigenvalue weighted by Crippen LogP contribution is 2.59. The van der Waals surface area contributed by atoms with Crippen LogP contribution in [0.5, 0.6) is 0 Å². The van der Waals surface area contributed by atoms with E-state index in [4.69, 9.17) is 14.0 Å². The summed E-state index contributed by atoms with van der Waals surface area (Å²) in [4.78, 5) is 7.05. The van der Waals surface area contributed by atoms with Crippen molar-refractivity contribution in [3.8, 4) is 0 Å². The quantitative estimate of drug-likeness (QED) is 0.342. The van der Waals surface area contributed by atoms with E-state index in [1.165, 1.54) is 5.56 Å². The highest BCUT2D eigenvalue weighted by atomic mass is 31.2. The maximum absolute atomic E-state index is 14.2. The fraction of sp³-hybridized carbons (Fsp3) is 0.370. The van der Waals surface area contributed by atoms with Gasteiger partial charge in [0.05, 0.1) is 23.8 Å². The van der Waals surface area contributed by atoms with Crippen LogP contribution in [0.3, 0.4) is 0 Å². The van der Waals surface area contributed by atoms with Crippen molar-refractivity contribution in [1.82, 2.24) is 4.98 Å².